The van der Waals surface area contributed by atoms with Crippen LogP contribution in [0.3, 0.4) is 0 Å². The number of nitrogens with zero attached hydrogens (tertiary/aromatic N) is 2. The Labute approximate surface area is 178 Å². The first kappa shape index (κ1) is 26.7. The lowest BCUT2D eigenvalue weighted by molar-refractivity contribution is -0.0543. The molecule has 0 spiro atoms. The Kier molecular flexibility index (Phi) is 7.55. The van der Waals surface area contributed by atoms with Crippen LogP contribution in [0.25, 0.3) is 0 Å². The normalized spacial score (nSPS) is 29.8. The van der Waals surface area contributed by atoms with Crippen molar-refractivity contribution in [1.82, 2.24) is 9.55 Å². The summed E-state index contributed by atoms with van der Waals surface area (Å²) < 4.78 is 66.2. The van der Waals surface area contributed by atoms with Crippen molar-refractivity contribution >= 4 is 29.3 Å². The molecule has 1 aliphatic rings. The summed E-state index contributed by atoms with van der Waals surface area (Å²) in [5.74, 6) is 1.43. The number of anilines is 1. The van der Waals surface area contributed by atoms with Gasteiger partial charge in [0, 0.05) is 5.69 Å². The zero-order chi connectivity index (χ0) is 24.7. The van der Waals surface area contributed by atoms with Gasteiger partial charge in [0.05, 0.1) is 6.61 Å². The number of aromatic nitrogens is 2. The van der Waals surface area contributed by atoms with Crippen LogP contribution < -0.4 is 11.4 Å². The van der Waals surface area contributed by atoms with Gasteiger partial charge in [-0.2, -0.15) is 13.6 Å². The molecule has 0 amide bonds. The minimum absolute atomic E-state index is 0.0329. The average Bonchev–Trinajstić information content (AvgIpc) is 2.81. The number of ether oxygens (including phenoxy) is 1. The van der Waals surface area contributed by atoms with Crippen molar-refractivity contribution in [3.05, 3.63) is 22.2 Å². The van der Waals surface area contributed by atoms with E-state index in [1.165, 1.54) is 13.0 Å². The third kappa shape index (κ3) is 6.09. The predicted molar refractivity (Wildman–Crippen MR) is 100 cm³/mol. The van der Waals surface area contributed by atoms with Gasteiger partial charge in [-0.1, -0.05) is 5.92 Å². The van der Waals surface area contributed by atoms with E-state index in [2.05, 4.69) is 18.1 Å². The SMILES string of the molecule is C#CC1(F)[C@@H](O)[C@@H](COP(=O)(O)OP(=O)(O)OP(=O)(O)O)O[C@H]1n1c(C)cc(N)nc1=O. The van der Waals surface area contributed by atoms with Gasteiger partial charge >= 0.3 is 29.2 Å². The largest absolute Gasteiger partial charge is 0.490 e. The maximum absolute atomic E-state index is 15.3. The van der Waals surface area contributed by atoms with Gasteiger partial charge in [0.15, 0.2) is 6.23 Å². The Morgan fingerprint density at radius 1 is 1.31 bits per heavy atom. The molecule has 180 valence electrons. The van der Waals surface area contributed by atoms with Crippen molar-refractivity contribution in [2.45, 2.75) is 31.0 Å². The highest BCUT2D eigenvalue weighted by molar-refractivity contribution is 7.66. The molecule has 0 saturated carbocycles. The van der Waals surface area contributed by atoms with Crippen molar-refractivity contribution in [3.63, 3.8) is 0 Å². The van der Waals surface area contributed by atoms with E-state index in [1.807, 2.05) is 0 Å². The standard InChI is InChI=1S/C12H17FN3O13P3/c1-3-12(13)9(17)7(27-10(12)16-6(2)4-8(14)15-11(16)18)5-26-31(22,23)29-32(24,25)28-30(19,20)21/h1,4,7,9-10,17H,5H2,2H3,(H,22,23)(H,24,25)(H2,14,15,18)(H2,19,20,21)/t7-,9+,10-,12?/m1/s1. The lowest BCUT2D eigenvalue weighted by Gasteiger charge is -2.25. The summed E-state index contributed by atoms with van der Waals surface area (Å²) in [4.78, 5) is 51.1. The fraction of sp³-hybridized carbons (Fsp3) is 0.500. The van der Waals surface area contributed by atoms with Crippen molar-refractivity contribution in [2.75, 3.05) is 12.3 Å². The quantitative estimate of drug-likeness (QED) is 0.178. The maximum Gasteiger partial charge on any atom is 0.490 e. The number of phosphoric acid groups is 3. The van der Waals surface area contributed by atoms with E-state index in [9.17, 15) is 28.5 Å². The Bertz CT molecular complexity index is 1130. The van der Waals surface area contributed by atoms with E-state index in [1.54, 1.807) is 5.92 Å². The summed E-state index contributed by atoms with van der Waals surface area (Å²) in [6.45, 7) is 0.121. The van der Waals surface area contributed by atoms with Crippen LogP contribution in [0.5, 0.6) is 0 Å². The van der Waals surface area contributed by atoms with Crippen LogP contribution in [0.2, 0.25) is 0 Å². The van der Waals surface area contributed by atoms with Gasteiger partial charge in [-0.25, -0.2) is 22.9 Å². The van der Waals surface area contributed by atoms with E-state index >= 15 is 4.39 Å². The first-order valence-electron chi connectivity index (χ1n) is 8.05. The smallest absolute Gasteiger partial charge is 0.386 e. The summed E-state index contributed by atoms with van der Waals surface area (Å²) in [6, 6.07) is 1.17. The van der Waals surface area contributed by atoms with E-state index < -0.39 is 59.9 Å². The summed E-state index contributed by atoms with van der Waals surface area (Å²) in [6.07, 6.45) is -0.935. The number of halogens is 1. The summed E-state index contributed by atoms with van der Waals surface area (Å²) in [7, 11) is -17.0. The monoisotopic (exact) mass is 523 g/mol. The topological polar surface area (TPSA) is 250 Å². The molecule has 32 heavy (non-hydrogen) atoms. The van der Waals surface area contributed by atoms with Crippen LogP contribution in [0.15, 0.2) is 10.9 Å². The highest BCUT2D eigenvalue weighted by Gasteiger charge is 2.58. The lowest BCUT2D eigenvalue weighted by atomic mass is 9.97. The number of alkyl halides is 1. The Balaban J connectivity index is 2.23. The zero-order valence-electron chi connectivity index (χ0n) is 15.8. The third-order valence-corrected chi connectivity index (χ3v) is 7.69. The minimum atomic E-state index is -5.80. The summed E-state index contributed by atoms with van der Waals surface area (Å²) >= 11 is 0. The molecule has 2 rings (SSSR count). The zero-order valence-corrected chi connectivity index (χ0v) is 18.5. The molecule has 6 atom stereocenters. The van der Waals surface area contributed by atoms with E-state index in [-0.39, 0.29) is 11.5 Å². The summed E-state index contributed by atoms with van der Waals surface area (Å²) in [5.41, 5.74) is 1.29. The first-order valence-corrected chi connectivity index (χ1v) is 12.6. The Morgan fingerprint density at radius 3 is 2.41 bits per heavy atom. The maximum atomic E-state index is 15.3. The fourth-order valence-corrected chi connectivity index (χ4v) is 5.71. The average molecular weight is 523 g/mol. The van der Waals surface area contributed by atoms with Crippen molar-refractivity contribution < 1.29 is 60.6 Å². The molecular formula is C12H17FN3O13P3. The van der Waals surface area contributed by atoms with Crippen LogP contribution in [-0.4, -0.2) is 58.7 Å². The highest BCUT2D eigenvalue weighted by atomic mass is 31.3. The molecule has 0 bridgehead atoms. The Morgan fingerprint density at radius 2 is 1.91 bits per heavy atom. The number of hydrogen-bond donors (Lipinski definition) is 6. The van der Waals surface area contributed by atoms with Gasteiger partial charge in [0.25, 0.3) is 0 Å². The molecule has 1 aromatic heterocycles. The van der Waals surface area contributed by atoms with Crippen molar-refractivity contribution in [2.24, 2.45) is 0 Å². The van der Waals surface area contributed by atoms with Gasteiger partial charge in [0.1, 0.15) is 18.0 Å². The molecular weight excluding hydrogens is 506 g/mol. The van der Waals surface area contributed by atoms with Crippen LogP contribution in [0.1, 0.15) is 11.9 Å². The highest BCUT2D eigenvalue weighted by Crippen LogP contribution is 2.66. The fourth-order valence-electron chi connectivity index (χ4n) is 2.68. The second-order valence-corrected chi connectivity index (χ2v) is 10.7. The number of aliphatic hydroxyl groups excluding tert-OH is 1. The molecule has 1 aliphatic heterocycles. The number of terminal acetylenes is 1. The van der Waals surface area contributed by atoms with Crippen molar-refractivity contribution in [1.29, 1.82) is 0 Å². The van der Waals surface area contributed by atoms with E-state index in [0.717, 1.165) is 0 Å². The van der Waals surface area contributed by atoms with Gasteiger partial charge in [-0.15, -0.1) is 6.42 Å². The van der Waals surface area contributed by atoms with Gasteiger partial charge in [0.2, 0.25) is 5.67 Å². The molecule has 16 nitrogen and oxygen atoms in total. The van der Waals surface area contributed by atoms with Gasteiger partial charge in [-0.05, 0) is 13.0 Å². The minimum Gasteiger partial charge on any atom is -0.386 e. The third-order valence-electron chi connectivity index (χ3n) is 3.89. The number of hydrogen-bond acceptors (Lipinski definition) is 11. The second-order valence-electron chi connectivity index (χ2n) is 6.25. The molecule has 3 unspecified atom stereocenters. The molecule has 1 aromatic rings. The van der Waals surface area contributed by atoms with Crippen molar-refractivity contribution in [3.8, 4) is 12.3 Å². The molecule has 2 heterocycles. The Hall–Kier alpha value is -1.50. The molecule has 20 heteroatoms. The van der Waals surface area contributed by atoms with Crippen LogP contribution in [0, 0.1) is 19.3 Å². The summed E-state index contributed by atoms with van der Waals surface area (Å²) in [5, 5.41) is 10.2. The van der Waals surface area contributed by atoms with Gasteiger partial charge < -0.3 is 35.2 Å². The molecule has 1 fully saturated rings. The van der Waals surface area contributed by atoms with Crippen LogP contribution in [0.4, 0.5) is 10.2 Å². The molecule has 0 aromatic carbocycles. The number of phosphoric ester groups is 1. The number of nitrogen functional groups attached to an aromatic ring is 1. The number of aryl methyl sites for hydroxylation is 1. The number of rotatable bonds is 8. The second kappa shape index (κ2) is 9.03. The first-order chi connectivity index (χ1) is 14.4. The predicted octanol–water partition coefficient (Wildman–Crippen LogP) is -0.923. The molecule has 0 aliphatic carbocycles. The van der Waals surface area contributed by atoms with Crippen LogP contribution >= 0.6 is 23.5 Å². The lowest BCUT2D eigenvalue weighted by Crippen LogP contribution is -2.45. The molecule has 1 saturated heterocycles. The molecule has 7 N–H and O–H groups in total. The number of aliphatic hydroxyl groups is 1. The molecule has 0 radical (unpaired) electrons. The van der Waals surface area contributed by atoms with Gasteiger partial charge in [-0.3, -0.25) is 9.09 Å². The van der Waals surface area contributed by atoms with E-state index in [4.69, 9.17) is 31.6 Å². The number of nitrogens with two attached hydrogens (primary N) is 1. The van der Waals surface area contributed by atoms with E-state index in [0.29, 0.717) is 4.57 Å². The van der Waals surface area contributed by atoms with Crippen LogP contribution in [-0.2, 0) is 31.6 Å².